The van der Waals surface area contributed by atoms with Crippen molar-refractivity contribution in [3.8, 4) is 22.9 Å². The Bertz CT molecular complexity index is 2380. The summed E-state index contributed by atoms with van der Waals surface area (Å²) in [6.07, 6.45) is -0.939. The summed E-state index contributed by atoms with van der Waals surface area (Å²) in [6.45, 7) is 2.40. The van der Waals surface area contributed by atoms with Gasteiger partial charge in [0.05, 0.1) is 17.5 Å². The zero-order valence-electron chi connectivity index (χ0n) is 30.5. The number of aryl methyl sites for hydroxylation is 1. The van der Waals surface area contributed by atoms with Crippen LogP contribution in [0.4, 0.5) is 0 Å². The molecule has 0 amide bonds. The van der Waals surface area contributed by atoms with Gasteiger partial charge in [-0.1, -0.05) is 6.07 Å². The van der Waals surface area contributed by atoms with Crippen LogP contribution in [0.5, 0.6) is 17.2 Å². The number of fused-ring (bicyclic) bond motifs is 4. The summed E-state index contributed by atoms with van der Waals surface area (Å²) in [5, 5.41) is 79.7. The van der Waals surface area contributed by atoms with Crippen LogP contribution in [0.1, 0.15) is 30.2 Å². The van der Waals surface area contributed by atoms with Crippen LogP contribution in [0, 0.1) is 6.92 Å². The van der Waals surface area contributed by atoms with E-state index in [1.165, 1.54) is 36.4 Å². The number of nitrogens with zero attached hydrogens (tertiary/aromatic N) is 1. The third-order valence-electron chi connectivity index (χ3n) is 10.6. The quantitative estimate of drug-likeness (QED) is 0.0575. The molecule has 0 spiro atoms. The average Bonchev–Trinajstić information content (AvgIpc) is 3.77. The maximum absolute atomic E-state index is 13.4. The molecule has 1 aliphatic rings. The molecule has 0 saturated carbocycles. The number of hydrogen-bond donors (Lipinski definition) is 9. The number of aliphatic hydroxyl groups is 5. The first-order valence-corrected chi connectivity index (χ1v) is 17.9. The number of phenols is 2. The van der Waals surface area contributed by atoms with E-state index in [1.54, 1.807) is 20.0 Å². The molecule has 0 saturated heterocycles. The highest BCUT2D eigenvalue weighted by Gasteiger charge is 2.47. The van der Waals surface area contributed by atoms with E-state index in [9.17, 15) is 40.5 Å². The van der Waals surface area contributed by atoms with Crippen LogP contribution in [0.25, 0.3) is 38.3 Å². The number of aromatic nitrogens is 2. The molecule has 9 N–H and O–H groups in total. The van der Waals surface area contributed by atoms with Crippen LogP contribution in [0.15, 0.2) is 76.3 Å². The van der Waals surface area contributed by atoms with Crippen LogP contribution in [0.3, 0.4) is 0 Å². The van der Waals surface area contributed by atoms with Crippen LogP contribution in [-0.2, 0) is 22.6 Å². The Balaban J connectivity index is 1.25. The summed E-state index contributed by atoms with van der Waals surface area (Å²) >= 11 is 0. The van der Waals surface area contributed by atoms with Gasteiger partial charge in [-0.2, -0.15) is 0 Å². The topological polar surface area (TPSA) is 232 Å². The molecule has 55 heavy (non-hydrogen) atoms. The van der Waals surface area contributed by atoms with Crippen molar-refractivity contribution in [3.05, 3.63) is 94.2 Å². The van der Waals surface area contributed by atoms with E-state index in [-0.39, 0.29) is 23.3 Å². The lowest BCUT2D eigenvalue weighted by atomic mass is 9.84. The van der Waals surface area contributed by atoms with Crippen LogP contribution >= 0.6 is 0 Å². The Morgan fingerprint density at radius 3 is 2.62 bits per heavy atom. The Labute approximate surface area is 314 Å². The molecule has 6 unspecified atom stereocenters. The molecule has 0 aliphatic carbocycles. The molecule has 6 aromatic rings. The highest BCUT2D eigenvalue weighted by molar-refractivity contribution is 5.92. The van der Waals surface area contributed by atoms with E-state index in [4.69, 9.17) is 18.9 Å². The van der Waals surface area contributed by atoms with Gasteiger partial charge in [-0.3, -0.25) is 4.79 Å². The van der Waals surface area contributed by atoms with E-state index in [0.29, 0.717) is 63.0 Å². The second-order valence-electron chi connectivity index (χ2n) is 14.6. The summed E-state index contributed by atoms with van der Waals surface area (Å²) in [5.74, 6) is 0.710. The van der Waals surface area contributed by atoms with Crippen molar-refractivity contribution in [3.63, 3.8) is 0 Å². The van der Waals surface area contributed by atoms with Gasteiger partial charge in [0.15, 0.2) is 16.8 Å². The minimum atomic E-state index is -2.36. The SMILES string of the molecule is CNCCC1(C)Oc2c(cc3c(=O)cc(C)oc3c2-n2cc3cc[nH]c3c2)CC1OOCC(O)(Cc1ccc(O)c2ccc(O)cc12)C(O)C(O)C(O)CO. The molecule has 3 aromatic carbocycles. The summed E-state index contributed by atoms with van der Waals surface area (Å²) < 4.78 is 14.9. The number of nitrogens with one attached hydrogen (secondary N) is 2. The normalized spacial score (nSPS) is 20.0. The van der Waals surface area contributed by atoms with E-state index >= 15 is 0 Å². The van der Waals surface area contributed by atoms with Gasteiger partial charge in [-0.05, 0) is 74.8 Å². The van der Waals surface area contributed by atoms with Gasteiger partial charge < -0.3 is 59.8 Å². The largest absolute Gasteiger partial charge is 0.508 e. The van der Waals surface area contributed by atoms with Gasteiger partial charge >= 0.3 is 0 Å². The standard InChI is InChI=1S/C40H45N3O12/c1-21-12-31(47)28-13-24-14-33(39(2,9-11-41-3)54-36(24)34(37(28)53-21)43-17-23-8-10-42-29(23)18-43)55-52-20-40(51,38(50)35(49)32(48)19-44)16-22-4-7-30(46)26-6-5-25(45)15-27(22)26/h4-8,10,12-13,15,17-18,32-33,35,38,41-42,44-46,48-51H,9,11,14,16,19-20H2,1-3H3. The number of ether oxygens (including phenoxy) is 1. The first-order chi connectivity index (χ1) is 26.2. The number of hydrogen-bond acceptors (Lipinski definition) is 13. The average molecular weight is 760 g/mol. The molecule has 15 heteroatoms. The molecule has 0 bridgehead atoms. The fraction of sp³-hybridized carbons (Fsp3) is 0.375. The summed E-state index contributed by atoms with van der Waals surface area (Å²) in [4.78, 5) is 28.4. The fourth-order valence-corrected chi connectivity index (χ4v) is 7.40. The second-order valence-corrected chi connectivity index (χ2v) is 14.6. The number of aliphatic hydroxyl groups excluding tert-OH is 4. The van der Waals surface area contributed by atoms with Gasteiger partial charge in [0.2, 0.25) is 0 Å². The first kappa shape index (κ1) is 38.3. The molecule has 4 heterocycles. The molecule has 1 aliphatic heterocycles. The maximum Gasteiger partial charge on any atom is 0.193 e. The van der Waals surface area contributed by atoms with Gasteiger partial charge in [-0.15, -0.1) is 0 Å². The van der Waals surface area contributed by atoms with Crippen LogP contribution in [0.2, 0.25) is 0 Å². The second kappa shape index (κ2) is 14.9. The smallest absolute Gasteiger partial charge is 0.193 e. The minimum Gasteiger partial charge on any atom is -0.508 e. The van der Waals surface area contributed by atoms with E-state index in [0.717, 1.165) is 10.9 Å². The molecule has 7 rings (SSSR count). The zero-order valence-corrected chi connectivity index (χ0v) is 30.5. The lowest BCUT2D eigenvalue weighted by Gasteiger charge is -2.43. The van der Waals surface area contributed by atoms with Crippen molar-refractivity contribution in [2.75, 3.05) is 26.8 Å². The molecular formula is C40H45N3O12. The van der Waals surface area contributed by atoms with Crippen molar-refractivity contribution in [2.45, 2.75) is 68.7 Å². The molecule has 15 nitrogen and oxygen atoms in total. The fourth-order valence-electron chi connectivity index (χ4n) is 7.40. The van der Waals surface area contributed by atoms with E-state index in [1.807, 2.05) is 36.1 Å². The van der Waals surface area contributed by atoms with Gasteiger partial charge in [0.25, 0.3) is 0 Å². The van der Waals surface area contributed by atoms with Crippen molar-refractivity contribution in [1.29, 1.82) is 0 Å². The molecule has 0 radical (unpaired) electrons. The highest BCUT2D eigenvalue weighted by atomic mass is 17.2. The molecule has 0 fully saturated rings. The number of aromatic hydroxyl groups is 2. The monoisotopic (exact) mass is 759 g/mol. The Kier molecular flexibility index (Phi) is 10.4. The van der Waals surface area contributed by atoms with Gasteiger partial charge in [0.1, 0.15) is 65.2 Å². The van der Waals surface area contributed by atoms with Gasteiger partial charge in [-0.25, -0.2) is 9.78 Å². The van der Waals surface area contributed by atoms with E-state index in [2.05, 4.69) is 10.3 Å². The molecule has 3 aromatic heterocycles. The maximum atomic E-state index is 13.4. The minimum absolute atomic E-state index is 0.0881. The lowest BCUT2D eigenvalue weighted by molar-refractivity contribution is -0.371. The third kappa shape index (κ3) is 7.16. The predicted octanol–water partition coefficient (Wildman–Crippen LogP) is 2.61. The Morgan fingerprint density at radius 1 is 1.07 bits per heavy atom. The molecular weight excluding hydrogens is 714 g/mol. The summed E-state index contributed by atoms with van der Waals surface area (Å²) in [6, 6.07) is 12.2. The summed E-state index contributed by atoms with van der Waals surface area (Å²) in [5.41, 5.74) is -0.952. The van der Waals surface area contributed by atoms with Crippen molar-refractivity contribution >= 4 is 32.6 Å². The van der Waals surface area contributed by atoms with E-state index < -0.39 is 55.3 Å². The third-order valence-corrected chi connectivity index (χ3v) is 10.6. The van der Waals surface area contributed by atoms with Crippen molar-refractivity contribution in [1.82, 2.24) is 14.9 Å². The number of phenolic OH excluding ortho intramolecular Hbond substituents is 2. The summed E-state index contributed by atoms with van der Waals surface area (Å²) in [7, 11) is 1.80. The molecule has 292 valence electrons. The number of aromatic amines is 1. The van der Waals surface area contributed by atoms with Crippen LogP contribution in [-0.4, -0.2) is 108 Å². The number of benzene rings is 3. The Hall–Kier alpha value is -4.97. The van der Waals surface area contributed by atoms with Crippen LogP contribution < -0.4 is 15.5 Å². The van der Waals surface area contributed by atoms with Crippen molar-refractivity contribution < 1.29 is 54.7 Å². The first-order valence-electron chi connectivity index (χ1n) is 17.9. The molecule has 6 atom stereocenters. The predicted molar refractivity (Wildman–Crippen MR) is 202 cm³/mol. The number of rotatable bonds is 14. The Morgan fingerprint density at radius 2 is 1.87 bits per heavy atom. The van der Waals surface area contributed by atoms with Crippen molar-refractivity contribution in [2.24, 2.45) is 0 Å². The zero-order chi connectivity index (χ0) is 39.2. The lowest BCUT2D eigenvalue weighted by Crippen LogP contribution is -2.58. The van der Waals surface area contributed by atoms with Gasteiger partial charge in [0, 0.05) is 60.3 Å². The number of H-pyrrole nitrogens is 1. The highest BCUT2D eigenvalue weighted by Crippen LogP contribution is 2.44.